The Balaban J connectivity index is 2.37. The highest BCUT2D eigenvalue weighted by molar-refractivity contribution is 7.92. The maximum Gasteiger partial charge on any atom is 0.279 e. The normalized spacial score (nSPS) is 12.9. The molecule has 0 unspecified atom stereocenters. The molecular formula is C18H21FN4O2S. The van der Waals surface area contributed by atoms with Gasteiger partial charge in [-0.05, 0) is 48.8 Å². The number of nitrogens with two attached hydrogens (primary N) is 1. The lowest BCUT2D eigenvalue weighted by atomic mass is 10.1. The Labute approximate surface area is 152 Å². The summed E-state index contributed by atoms with van der Waals surface area (Å²) in [6.07, 6.45) is 6.65. The van der Waals surface area contributed by atoms with E-state index >= 15 is 0 Å². The second-order valence-electron chi connectivity index (χ2n) is 5.75. The highest BCUT2D eigenvalue weighted by atomic mass is 32.2. The van der Waals surface area contributed by atoms with Gasteiger partial charge in [-0.1, -0.05) is 24.8 Å². The molecule has 0 saturated heterocycles. The van der Waals surface area contributed by atoms with Gasteiger partial charge in [0, 0.05) is 5.69 Å². The Kier molecular flexibility index (Phi) is 5.99. The molecule has 1 aromatic carbocycles. The van der Waals surface area contributed by atoms with Gasteiger partial charge < -0.3 is 5.73 Å². The highest BCUT2D eigenvalue weighted by Gasteiger charge is 2.20. The summed E-state index contributed by atoms with van der Waals surface area (Å²) in [5, 5.41) is -0.126. The van der Waals surface area contributed by atoms with E-state index in [1.165, 1.54) is 35.3 Å². The Hall–Kier alpha value is -2.87. The van der Waals surface area contributed by atoms with Crippen molar-refractivity contribution >= 4 is 21.5 Å². The van der Waals surface area contributed by atoms with Crippen LogP contribution in [0.5, 0.6) is 0 Å². The number of benzene rings is 1. The summed E-state index contributed by atoms with van der Waals surface area (Å²) in [5.74, 6) is 0.0797. The molecule has 0 amide bonds. The van der Waals surface area contributed by atoms with E-state index < -0.39 is 16.7 Å². The second-order valence-corrected chi connectivity index (χ2v) is 7.38. The SMILES string of the molecule is C=C/C(=C\C=C(/N)n1cncc1S(=O)(=O)Nc1cc(C)cc(C)c1)CF. The minimum Gasteiger partial charge on any atom is -0.385 e. The van der Waals surface area contributed by atoms with Gasteiger partial charge in [0.2, 0.25) is 0 Å². The van der Waals surface area contributed by atoms with Crippen LogP contribution in [-0.2, 0) is 10.0 Å². The van der Waals surface area contributed by atoms with Crippen LogP contribution in [0.2, 0.25) is 0 Å². The third-order valence-electron chi connectivity index (χ3n) is 3.52. The van der Waals surface area contributed by atoms with E-state index in [1.54, 1.807) is 12.1 Å². The zero-order chi connectivity index (χ0) is 19.3. The van der Waals surface area contributed by atoms with Crippen molar-refractivity contribution in [3.05, 3.63) is 72.2 Å². The molecule has 26 heavy (non-hydrogen) atoms. The molecule has 1 aromatic heterocycles. The number of nitrogens with zero attached hydrogens (tertiary/aromatic N) is 2. The molecule has 0 atom stereocenters. The summed E-state index contributed by atoms with van der Waals surface area (Å²) in [6.45, 7) is 6.55. The molecule has 0 aliphatic rings. The largest absolute Gasteiger partial charge is 0.385 e. The Morgan fingerprint density at radius 2 is 1.96 bits per heavy atom. The van der Waals surface area contributed by atoms with Gasteiger partial charge in [-0.25, -0.2) is 9.37 Å². The fourth-order valence-corrected chi connectivity index (χ4v) is 3.50. The van der Waals surface area contributed by atoms with Crippen molar-refractivity contribution in [3.8, 4) is 0 Å². The second kappa shape index (κ2) is 8.01. The molecule has 138 valence electrons. The number of rotatable bonds is 7. The van der Waals surface area contributed by atoms with Crippen molar-refractivity contribution in [2.24, 2.45) is 5.73 Å². The minimum atomic E-state index is -3.91. The van der Waals surface area contributed by atoms with E-state index in [2.05, 4.69) is 16.3 Å². The Morgan fingerprint density at radius 3 is 2.54 bits per heavy atom. The van der Waals surface area contributed by atoms with Gasteiger partial charge in [-0.2, -0.15) is 8.42 Å². The van der Waals surface area contributed by atoms with Crippen LogP contribution in [0, 0.1) is 13.8 Å². The first-order valence-electron chi connectivity index (χ1n) is 7.75. The van der Waals surface area contributed by atoms with Gasteiger partial charge in [0.1, 0.15) is 18.8 Å². The molecule has 3 N–H and O–H groups in total. The van der Waals surface area contributed by atoms with Crippen molar-refractivity contribution in [1.82, 2.24) is 9.55 Å². The first-order chi connectivity index (χ1) is 12.3. The molecule has 0 radical (unpaired) electrons. The van der Waals surface area contributed by atoms with Gasteiger partial charge in [-0.15, -0.1) is 0 Å². The predicted octanol–water partition coefficient (Wildman–Crippen LogP) is 3.14. The van der Waals surface area contributed by atoms with Crippen LogP contribution >= 0.6 is 0 Å². The first-order valence-corrected chi connectivity index (χ1v) is 9.23. The monoisotopic (exact) mass is 376 g/mol. The van der Waals surface area contributed by atoms with E-state index in [9.17, 15) is 12.8 Å². The van der Waals surface area contributed by atoms with Gasteiger partial charge in [0.05, 0.1) is 6.20 Å². The van der Waals surface area contributed by atoms with E-state index in [4.69, 9.17) is 5.73 Å². The summed E-state index contributed by atoms with van der Waals surface area (Å²) in [4.78, 5) is 3.86. The lowest BCUT2D eigenvalue weighted by molar-refractivity contribution is 0.549. The Morgan fingerprint density at radius 1 is 1.31 bits per heavy atom. The van der Waals surface area contributed by atoms with Crippen molar-refractivity contribution in [2.45, 2.75) is 18.9 Å². The van der Waals surface area contributed by atoms with E-state index in [0.717, 1.165) is 11.1 Å². The lowest BCUT2D eigenvalue weighted by Crippen LogP contribution is -2.19. The number of allylic oxidation sites excluding steroid dienone is 4. The standard InChI is InChI=1S/C18H21FN4O2S/c1-4-15(10-19)5-6-17(20)23-12-21-11-18(23)26(24,25)22-16-8-13(2)7-14(3)9-16/h4-9,11-12,22H,1,10,20H2,2-3H3/b15-5+,17-6+. The molecule has 0 bridgehead atoms. The smallest absolute Gasteiger partial charge is 0.279 e. The average molecular weight is 376 g/mol. The van der Waals surface area contributed by atoms with Crippen molar-refractivity contribution < 1.29 is 12.8 Å². The molecule has 2 rings (SSSR count). The number of anilines is 1. The van der Waals surface area contributed by atoms with Crippen LogP contribution in [0.1, 0.15) is 11.1 Å². The number of alkyl halides is 1. The summed E-state index contributed by atoms with van der Waals surface area (Å²) >= 11 is 0. The third-order valence-corrected chi connectivity index (χ3v) is 4.87. The van der Waals surface area contributed by atoms with Crippen LogP contribution in [0.3, 0.4) is 0 Å². The molecule has 0 spiro atoms. The fourth-order valence-electron chi connectivity index (χ4n) is 2.36. The fraction of sp³-hybridized carbons (Fsp3) is 0.167. The number of aromatic nitrogens is 2. The molecule has 0 aliphatic heterocycles. The van der Waals surface area contributed by atoms with Crippen molar-refractivity contribution in [3.63, 3.8) is 0 Å². The Bertz CT molecular complexity index is 955. The van der Waals surface area contributed by atoms with Crippen LogP contribution < -0.4 is 10.5 Å². The van der Waals surface area contributed by atoms with Crippen LogP contribution in [-0.4, -0.2) is 24.6 Å². The number of sulfonamides is 1. The van der Waals surface area contributed by atoms with Crippen LogP contribution in [0.25, 0.3) is 5.82 Å². The number of nitrogens with one attached hydrogen (secondary N) is 1. The van der Waals surface area contributed by atoms with Crippen LogP contribution in [0.15, 0.2) is 66.1 Å². The predicted molar refractivity (Wildman–Crippen MR) is 102 cm³/mol. The zero-order valence-electron chi connectivity index (χ0n) is 14.6. The molecule has 2 aromatic rings. The quantitative estimate of drug-likeness (QED) is 0.727. The van der Waals surface area contributed by atoms with Gasteiger partial charge in [-0.3, -0.25) is 9.29 Å². The minimum absolute atomic E-state index is 0.0797. The number of imidazole rings is 1. The maximum atomic E-state index is 12.7. The van der Waals surface area contributed by atoms with Gasteiger partial charge >= 0.3 is 0 Å². The van der Waals surface area contributed by atoms with E-state index in [-0.39, 0.29) is 10.8 Å². The summed E-state index contributed by atoms with van der Waals surface area (Å²) in [5.41, 5.74) is 8.57. The maximum absolute atomic E-state index is 12.7. The van der Waals surface area contributed by atoms with Crippen molar-refractivity contribution in [2.75, 3.05) is 11.4 Å². The summed E-state index contributed by atoms with van der Waals surface area (Å²) in [6, 6.07) is 5.40. The highest BCUT2D eigenvalue weighted by Crippen LogP contribution is 2.20. The molecule has 0 saturated carbocycles. The van der Waals surface area contributed by atoms with Crippen LogP contribution in [0.4, 0.5) is 10.1 Å². The lowest BCUT2D eigenvalue weighted by Gasteiger charge is -2.12. The van der Waals surface area contributed by atoms with Crippen molar-refractivity contribution in [1.29, 1.82) is 0 Å². The van der Waals surface area contributed by atoms with E-state index in [0.29, 0.717) is 11.3 Å². The number of aryl methyl sites for hydroxylation is 2. The number of hydrogen-bond acceptors (Lipinski definition) is 4. The summed E-state index contributed by atoms with van der Waals surface area (Å²) < 4.78 is 41.9. The number of hydrogen-bond donors (Lipinski definition) is 2. The molecule has 1 heterocycles. The first kappa shape index (κ1) is 19.5. The van der Waals surface area contributed by atoms with Gasteiger partial charge in [0.15, 0.2) is 5.03 Å². The molecule has 0 fully saturated rings. The van der Waals surface area contributed by atoms with Gasteiger partial charge in [0.25, 0.3) is 10.0 Å². The molecular weight excluding hydrogens is 355 g/mol. The van der Waals surface area contributed by atoms with E-state index in [1.807, 2.05) is 19.9 Å². The summed E-state index contributed by atoms with van der Waals surface area (Å²) in [7, 11) is -3.91. The number of halogens is 1. The zero-order valence-corrected chi connectivity index (χ0v) is 15.4. The molecule has 6 nitrogen and oxygen atoms in total. The topological polar surface area (TPSA) is 90.0 Å². The third kappa shape index (κ3) is 4.60. The molecule has 8 heteroatoms. The average Bonchev–Trinajstić information content (AvgIpc) is 3.05. The molecule has 0 aliphatic carbocycles.